The number of ether oxygens (including phenoxy) is 1. The van der Waals surface area contributed by atoms with Crippen LogP contribution in [0.2, 0.25) is 0 Å². The Morgan fingerprint density at radius 2 is 2.13 bits per heavy atom. The Bertz CT molecular complexity index is 430. The molecule has 1 rings (SSSR count). The number of nitrogens with zero attached hydrogens (tertiary/aromatic N) is 1. The van der Waals surface area contributed by atoms with Crippen LogP contribution in [0.25, 0.3) is 0 Å². The van der Waals surface area contributed by atoms with E-state index in [1.165, 1.54) is 26.2 Å². The molecule has 0 spiro atoms. The van der Waals surface area contributed by atoms with Crippen molar-refractivity contribution in [3.8, 4) is 5.75 Å². The van der Waals surface area contributed by atoms with Gasteiger partial charge in [0.25, 0.3) is 0 Å². The molecule has 1 aromatic carbocycles. The number of Topliss-reactive ketones (excluding diaryl/α,β-unsaturated/α-hetero) is 1. The maximum Gasteiger partial charge on any atom is 0.325 e. The summed E-state index contributed by atoms with van der Waals surface area (Å²) >= 11 is 3.03. The van der Waals surface area contributed by atoms with Crippen molar-refractivity contribution < 1.29 is 14.5 Å². The van der Waals surface area contributed by atoms with E-state index in [9.17, 15) is 14.9 Å². The molecule has 80 valence electrons. The zero-order chi connectivity index (χ0) is 11.6. The number of hydrogen-bond donors (Lipinski definition) is 0. The molecule has 0 saturated heterocycles. The molecule has 0 saturated carbocycles. The van der Waals surface area contributed by atoms with Crippen molar-refractivity contribution >= 4 is 27.4 Å². The van der Waals surface area contributed by atoms with Crippen LogP contribution < -0.4 is 4.74 Å². The summed E-state index contributed by atoms with van der Waals surface area (Å²) in [6.07, 6.45) is 0. The van der Waals surface area contributed by atoms with Crippen LogP contribution in [-0.2, 0) is 0 Å². The number of ketones is 1. The zero-order valence-corrected chi connectivity index (χ0v) is 9.70. The highest BCUT2D eigenvalue weighted by molar-refractivity contribution is 9.10. The van der Waals surface area contributed by atoms with Gasteiger partial charge < -0.3 is 4.74 Å². The quantitative estimate of drug-likeness (QED) is 0.482. The number of methoxy groups -OCH3 is 1. The average Bonchev–Trinajstić information content (AvgIpc) is 2.15. The molecular formula is C9H8BrNO4. The Morgan fingerprint density at radius 3 is 2.53 bits per heavy atom. The summed E-state index contributed by atoms with van der Waals surface area (Å²) in [6, 6.07) is 2.89. The molecule has 0 amide bonds. The van der Waals surface area contributed by atoms with Gasteiger partial charge in [0.15, 0.2) is 11.5 Å². The van der Waals surface area contributed by atoms with Crippen molar-refractivity contribution in [3.05, 3.63) is 32.3 Å². The average molecular weight is 274 g/mol. The molecule has 0 aliphatic carbocycles. The number of halogens is 1. The van der Waals surface area contributed by atoms with Crippen LogP contribution in [0.3, 0.4) is 0 Å². The maximum absolute atomic E-state index is 11.1. The first-order chi connectivity index (χ1) is 6.99. The van der Waals surface area contributed by atoms with Crippen molar-refractivity contribution in [2.24, 2.45) is 0 Å². The van der Waals surface area contributed by atoms with E-state index in [4.69, 9.17) is 4.74 Å². The van der Waals surface area contributed by atoms with E-state index in [0.717, 1.165) is 0 Å². The lowest BCUT2D eigenvalue weighted by molar-refractivity contribution is -0.386. The molecule has 0 N–H and O–H groups in total. The summed E-state index contributed by atoms with van der Waals surface area (Å²) in [6.45, 7) is 1.34. The number of hydrogen-bond acceptors (Lipinski definition) is 4. The van der Waals surface area contributed by atoms with Crippen LogP contribution in [0.4, 0.5) is 5.69 Å². The molecule has 0 aliphatic heterocycles. The van der Waals surface area contributed by atoms with Gasteiger partial charge in [-0.15, -0.1) is 0 Å². The van der Waals surface area contributed by atoms with E-state index < -0.39 is 4.92 Å². The maximum atomic E-state index is 11.1. The molecule has 6 heteroatoms. The van der Waals surface area contributed by atoms with Gasteiger partial charge in [-0.05, 0) is 35.0 Å². The van der Waals surface area contributed by atoms with Crippen molar-refractivity contribution in [2.75, 3.05) is 7.11 Å². The normalized spacial score (nSPS) is 9.80. The van der Waals surface area contributed by atoms with Gasteiger partial charge in [0.2, 0.25) is 0 Å². The minimum absolute atomic E-state index is 0.122. The second kappa shape index (κ2) is 4.39. The number of nitro groups is 1. The minimum atomic E-state index is -0.588. The van der Waals surface area contributed by atoms with Crippen LogP contribution in [0.15, 0.2) is 16.6 Å². The minimum Gasteiger partial charge on any atom is -0.490 e. The lowest BCUT2D eigenvalue weighted by atomic mass is 10.1. The Labute approximate surface area is 94.3 Å². The molecule has 0 aliphatic rings. The van der Waals surface area contributed by atoms with Crippen LogP contribution in [0, 0.1) is 10.1 Å². The summed E-state index contributed by atoms with van der Waals surface area (Å²) in [5, 5.41) is 10.8. The van der Waals surface area contributed by atoms with Gasteiger partial charge in [0, 0.05) is 5.56 Å². The highest BCUT2D eigenvalue weighted by atomic mass is 79.9. The summed E-state index contributed by atoms with van der Waals surface area (Å²) < 4.78 is 4.99. The summed E-state index contributed by atoms with van der Waals surface area (Å²) in [4.78, 5) is 21.3. The molecule has 0 heterocycles. The van der Waals surface area contributed by atoms with E-state index in [1.54, 1.807) is 0 Å². The van der Waals surface area contributed by atoms with Gasteiger partial charge in [-0.3, -0.25) is 14.9 Å². The van der Waals surface area contributed by atoms with Crippen molar-refractivity contribution in [3.63, 3.8) is 0 Å². The number of rotatable bonds is 3. The van der Waals surface area contributed by atoms with Crippen molar-refractivity contribution in [1.82, 2.24) is 0 Å². The first-order valence-corrected chi connectivity index (χ1v) is 4.80. The Hall–Kier alpha value is -1.43. The van der Waals surface area contributed by atoms with Crippen molar-refractivity contribution in [1.29, 1.82) is 0 Å². The highest BCUT2D eigenvalue weighted by Gasteiger charge is 2.23. The smallest absolute Gasteiger partial charge is 0.325 e. The van der Waals surface area contributed by atoms with E-state index in [1.807, 2.05) is 0 Å². The fraction of sp³-hybridized carbons (Fsp3) is 0.222. The monoisotopic (exact) mass is 273 g/mol. The molecule has 0 aromatic heterocycles. The van der Waals surface area contributed by atoms with Crippen LogP contribution in [0.5, 0.6) is 5.75 Å². The standard InChI is InChI=1S/C9H8BrNO4/c1-5(12)6-3-4-7(15-2)9(8(6)10)11(13)14/h3-4H,1-2H3. The third-order valence-corrected chi connectivity index (χ3v) is 2.66. The molecule has 0 unspecified atom stereocenters. The third-order valence-electron chi connectivity index (χ3n) is 1.86. The molecule has 0 fully saturated rings. The van der Waals surface area contributed by atoms with Gasteiger partial charge in [-0.2, -0.15) is 0 Å². The number of benzene rings is 1. The number of carbonyl (C=O) groups excluding carboxylic acids is 1. The fourth-order valence-corrected chi connectivity index (χ4v) is 1.91. The lowest BCUT2D eigenvalue weighted by Crippen LogP contribution is -2.00. The zero-order valence-electron chi connectivity index (χ0n) is 8.11. The molecule has 0 bridgehead atoms. The first kappa shape index (κ1) is 11.6. The summed E-state index contributed by atoms with van der Waals surface area (Å²) in [5.41, 5.74) is 0.0349. The molecule has 15 heavy (non-hydrogen) atoms. The predicted molar refractivity (Wildman–Crippen MR) is 57.4 cm³/mol. The first-order valence-electron chi connectivity index (χ1n) is 4.00. The molecule has 5 nitrogen and oxygen atoms in total. The van der Waals surface area contributed by atoms with Gasteiger partial charge >= 0.3 is 5.69 Å². The number of carbonyl (C=O) groups is 1. The Balaban J connectivity index is 3.49. The van der Waals surface area contributed by atoms with E-state index >= 15 is 0 Å². The molecule has 0 atom stereocenters. The van der Waals surface area contributed by atoms with Gasteiger partial charge in [0.05, 0.1) is 12.0 Å². The summed E-state index contributed by atoms with van der Waals surface area (Å²) in [7, 11) is 1.34. The SMILES string of the molecule is COc1ccc(C(C)=O)c(Br)c1[N+](=O)[O-]. The van der Waals surface area contributed by atoms with Crippen LogP contribution in [-0.4, -0.2) is 17.8 Å². The molecular weight excluding hydrogens is 266 g/mol. The van der Waals surface area contributed by atoms with E-state index in [0.29, 0.717) is 0 Å². The van der Waals surface area contributed by atoms with Gasteiger partial charge in [-0.25, -0.2) is 0 Å². The molecule has 1 aromatic rings. The van der Waals surface area contributed by atoms with Gasteiger partial charge in [-0.1, -0.05) is 0 Å². The summed E-state index contributed by atoms with van der Waals surface area (Å²) in [5.74, 6) is -0.121. The topological polar surface area (TPSA) is 69.4 Å². The Kier molecular flexibility index (Phi) is 3.41. The van der Waals surface area contributed by atoms with E-state index in [-0.39, 0.29) is 27.3 Å². The van der Waals surface area contributed by atoms with Crippen LogP contribution in [0.1, 0.15) is 17.3 Å². The second-order valence-corrected chi connectivity index (χ2v) is 3.58. The number of nitro benzene ring substituents is 1. The van der Waals surface area contributed by atoms with Gasteiger partial charge in [0.1, 0.15) is 4.47 Å². The Morgan fingerprint density at radius 1 is 1.53 bits per heavy atom. The largest absolute Gasteiger partial charge is 0.490 e. The molecule has 0 radical (unpaired) electrons. The fourth-order valence-electron chi connectivity index (χ4n) is 1.15. The predicted octanol–water partition coefficient (Wildman–Crippen LogP) is 2.57. The highest BCUT2D eigenvalue weighted by Crippen LogP contribution is 2.37. The van der Waals surface area contributed by atoms with E-state index in [2.05, 4.69) is 15.9 Å². The second-order valence-electron chi connectivity index (χ2n) is 2.79. The lowest BCUT2D eigenvalue weighted by Gasteiger charge is -2.05. The third kappa shape index (κ3) is 2.15. The van der Waals surface area contributed by atoms with Crippen LogP contribution >= 0.6 is 15.9 Å². The van der Waals surface area contributed by atoms with Crippen molar-refractivity contribution in [2.45, 2.75) is 6.92 Å².